The number of carbonyl (C=O) groups excluding carboxylic acids is 1. The zero-order valence-electron chi connectivity index (χ0n) is 8.83. The van der Waals surface area contributed by atoms with Crippen molar-refractivity contribution in [2.75, 3.05) is 19.6 Å². The molecule has 0 aromatic carbocycles. The van der Waals surface area contributed by atoms with Gasteiger partial charge in [0.15, 0.2) is 0 Å². The molecule has 0 aliphatic carbocycles. The highest BCUT2D eigenvalue weighted by atomic mass is 16.1. The fraction of sp³-hybridized carbons (Fsp3) is 0.727. The van der Waals surface area contributed by atoms with Crippen molar-refractivity contribution in [1.29, 1.82) is 0 Å². The van der Waals surface area contributed by atoms with Crippen LogP contribution in [0.2, 0.25) is 0 Å². The van der Waals surface area contributed by atoms with Crippen LogP contribution in [0.3, 0.4) is 0 Å². The summed E-state index contributed by atoms with van der Waals surface area (Å²) in [7, 11) is 0. The van der Waals surface area contributed by atoms with Crippen LogP contribution in [0.15, 0.2) is 17.1 Å². The maximum Gasteiger partial charge on any atom is 0.235 e. The minimum atomic E-state index is 0.422. The lowest BCUT2D eigenvalue weighted by Crippen LogP contribution is -2.40. The molecule has 0 saturated carbocycles. The Labute approximate surface area is 85.5 Å². The Hall–Kier alpha value is -0.920. The Balaban J connectivity index is 2.54. The van der Waals surface area contributed by atoms with Gasteiger partial charge in [-0.15, -0.1) is 0 Å². The molecule has 0 aromatic heterocycles. The molecule has 1 unspecified atom stereocenters. The van der Waals surface area contributed by atoms with Gasteiger partial charge in [0.1, 0.15) is 0 Å². The fourth-order valence-corrected chi connectivity index (χ4v) is 2.07. The quantitative estimate of drug-likeness (QED) is 0.388. The van der Waals surface area contributed by atoms with Crippen molar-refractivity contribution in [3.8, 4) is 0 Å². The van der Waals surface area contributed by atoms with Crippen LogP contribution in [0.1, 0.15) is 26.2 Å². The summed E-state index contributed by atoms with van der Waals surface area (Å²) in [5.74, 6) is 0. The van der Waals surface area contributed by atoms with Crippen molar-refractivity contribution in [3.05, 3.63) is 12.2 Å². The molecule has 0 radical (unpaired) electrons. The molecule has 1 fully saturated rings. The predicted molar refractivity (Wildman–Crippen MR) is 57.0 cm³/mol. The second-order valence-corrected chi connectivity index (χ2v) is 3.71. The van der Waals surface area contributed by atoms with Crippen molar-refractivity contribution in [1.82, 2.24) is 4.90 Å². The molecule has 1 aliphatic rings. The molecular formula is C11H18N2O. The third-order valence-electron chi connectivity index (χ3n) is 2.84. The number of hydrogen-bond donors (Lipinski definition) is 0. The Bertz CT molecular complexity index is 244. The summed E-state index contributed by atoms with van der Waals surface area (Å²) in [5.41, 5.74) is 1.05. The molecule has 0 aromatic rings. The van der Waals surface area contributed by atoms with Gasteiger partial charge in [0.05, 0.1) is 6.54 Å². The fourth-order valence-electron chi connectivity index (χ4n) is 2.07. The van der Waals surface area contributed by atoms with Crippen molar-refractivity contribution in [2.24, 2.45) is 4.99 Å². The topological polar surface area (TPSA) is 32.7 Å². The van der Waals surface area contributed by atoms with E-state index in [0.29, 0.717) is 12.6 Å². The molecular weight excluding hydrogens is 176 g/mol. The van der Waals surface area contributed by atoms with E-state index in [0.717, 1.165) is 25.1 Å². The first kappa shape index (κ1) is 11.2. The number of aliphatic imine (C=N–C) groups is 1. The molecule has 0 N–H and O–H groups in total. The van der Waals surface area contributed by atoms with Gasteiger partial charge in [0, 0.05) is 6.04 Å². The highest BCUT2D eigenvalue weighted by Gasteiger charge is 2.22. The molecule has 0 spiro atoms. The van der Waals surface area contributed by atoms with Crippen LogP contribution in [-0.4, -0.2) is 36.7 Å². The zero-order valence-corrected chi connectivity index (χ0v) is 8.83. The van der Waals surface area contributed by atoms with E-state index in [1.54, 1.807) is 6.08 Å². The Morgan fingerprint density at radius 1 is 1.64 bits per heavy atom. The second-order valence-electron chi connectivity index (χ2n) is 3.71. The van der Waals surface area contributed by atoms with Gasteiger partial charge in [-0.25, -0.2) is 9.79 Å². The van der Waals surface area contributed by atoms with E-state index in [-0.39, 0.29) is 0 Å². The van der Waals surface area contributed by atoms with E-state index in [4.69, 9.17) is 0 Å². The van der Waals surface area contributed by atoms with Crippen LogP contribution in [0, 0.1) is 0 Å². The molecule has 1 heterocycles. The number of hydrogen-bond acceptors (Lipinski definition) is 3. The number of likely N-dealkylation sites (tertiary alicyclic amines) is 1. The van der Waals surface area contributed by atoms with Crippen LogP contribution in [0.4, 0.5) is 0 Å². The molecule has 1 saturated heterocycles. The Morgan fingerprint density at radius 2 is 2.43 bits per heavy atom. The van der Waals surface area contributed by atoms with Crippen LogP contribution in [0.5, 0.6) is 0 Å². The van der Waals surface area contributed by atoms with Crippen molar-refractivity contribution in [3.63, 3.8) is 0 Å². The lowest BCUT2D eigenvalue weighted by molar-refractivity contribution is 0.180. The number of rotatable bonds is 4. The van der Waals surface area contributed by atoms with Crippen molar-refractivity contribution in [2.45, 2.75) is 32.2 Å². The molecule has 3 heteroatoms. The first-order valence-electron chi connectivity index (χ1n) is 5.25. The summed E-state index contributed by atoms with van der Waals surface area (Å²) in [6.07, 6.45) is 5.25. The average molecular weight is 194 g/mol. The molecule has 0 bridgehead atoms. The van der Waals surface area contributed by atoms with Gasteiger partial charge in [0.2, 0.25) is 6.08 Å². The largest absolute Gasteiger partial charge is 0.297 e. The summed E-state index contributed by atoms with van der Waals surface area (Å²) in [4.78, 5) is 16.0. The minimum Gasteiger partial charge on any atom is -0.297 e. The zero-order chi connectivity index (χ0) is 10.4. The Morgan fingerprint density at radius 3 is 3.07 bits per heavy atom. The van der Waals surface area contributed by atoms with Gasteiger partial charge in [-0.2, -0.15) is 0 Å². The molecule has 0 amide bonds. The Kier molecular flexibility index (Phi) is 4.57. The third-order valence-corrected chi connectivity index (χ3v) is 2.84. The molecule has 1 aliphatic heterocycles. The number of isocyanates is 1. The number of likely N-dealkylation sites (N-methyl/N-ethyl adjacent to an activating group) is 1. The number of nitrogens with zero attached hydrogens (tertiary/aromatic N) is 2. The van der Waals surface area contributed by atoms with E-state index in [1.807, 2.05) is 0 Å². The van der Waals surface area contributed by atoms with Crippen LogP contribution in [0.25, 0.3) is 0 Å². The van der Waals surface area contributed by atoms with E-state index < -0.39 is 0 Å². The number of piperidine rings is 1. The highest BCUT2D eigenvalue weighted by molar-refractivity contribution is 5.34. The summed E-state index contributed by atoms with van der Waals surface area (Å²) < 4.78 is 0. The summed E-state index contributed by atoms with van der Waals surface area (Å²) >= 11 is 0. The first-order valence-corrected chi connectivity index (χ1v) is 5.25. The van der Waals surface area contributed by atoms with E-state index in [2.05, 4.69) is 23.4 Å². The van der Waals surface area contributed by atoms with Crippen LogP contribution < -0.4 is 0 Å². The summed E-state index contributed by atoms with van der Waals surface area (Å²) in [5, 5.41) is 0. The van der Waals surface area contributed by atoms with Crippen LogP contribution in [-0.2, 0) is 4.79 Å². The maximum absolute atomic E-state index is 10.00. The molecule has 14 heavy (non-hydrogen) atoms. The van der Waals surface area contributed by atoms with Gasteiger partial charge < -0.3 is 0 Å². The molecule has 1 rings (SSSR count). The van der Waals surface area contributed by atoms with Gasteiger partial charge >= 0.3 is 0 Å². The SMILES string of the molecule is C=C(CN=C=O)C1CCCCN1CC. The van der Waals surface area contributed by atoms with Gasteiger partial charge in [-0.3, -0.25) is 4.90 Å². The predicted octanol–water partition coefficient (Wildman–Crippen LogP) is 1.75. The average Bonchev–Trinajstić information content (AvgIpc) is 2.25. The highest BCUT2D eigenvalue weighted by Crippen LogP contribution is 2.21. The van der Waals surface area contributed by atoms with Crippen LogP contribution >= 0.6 is 0 Å². The van der Waals surface area contributed by atoms with Crippen molar-refractivity contribution >= 4 is 6.08 Å². The second kappa shape index (κ2) is 5.74. The minimum absolute atomic E-state index is 0.422. The maximum atomic E-state index is 10.00. The first-order chi connectivity index (χ1) is 6.79. The summed E-state index contributed by atoms with van der Waals surface area (Å²) in [6, 6.07) is 0.422. The standard InChI is InChI=1S/C11H18N2O/c1-3-13-7-5-4-6-11(13)10(2)8-12-9-14/h11H,2-8H2,1H3. The lowest BCUT2D eigenvalue weighted by Gasteiger charge is -2.35. The normalized spacial score (nSPS) is 22.8. The molecule has 1 atom stereocenters. The van der Waals surface area contributed by atoms with Gasteiger partial charge in [-0.1, -0.05) is 19.9 Å². The van der Waals surface area contributed by atoms with Gasteiger partial charge in [0.25, 0.3) is 0 Å². The van der Waals surface area contributed by atoms with E-state index in [9.17, 15) is 4.79 Å². The summed E-state index contributed by atoms with van der Waals surface area (Å²) in [6.45, 7) is 8.79. The van der Waals surface area contributed by atoms with Crippen molar-refractivity contribution < 1.29 is 4.79 Å². The van der Waals surface area contributed by atoms with E-state index in [1.165, 1.54) is 12.8 Å². The molecule has 3 nitrogen and oxygen atoms in total. The third kappa shape index (κ3) is 2.79. The van der Waals surface area contributed by atoms with E-state index >= 15 is 0 Å². The lowest BCUT2D eigenvalue weighted by atomic mass is 9.96. The monoisotopic (exact) mass is 194 g/mol. The molecule has 78 valence electrons. The smallest absolute Gasteiger partial charge is 0.235 e. The van der Waals surface area contributed by atoms with Gasteiger partial charge in [-0.05, 0) is 31.5 Å².